The number of amides is 1. The number of hydrogen-bond donors (Lipinski definition) is 2. The van der Waals surface area contributed by atoms with Crippen molar-refractivity contribution in [3.05, 3.63) is 28.5 Å². The van der Waals surface area contributed by atoms with E-state index in [0.717, 1.165) is 0 Å². The van der Waals surface area contributed by atoms with Gasteiger partial charge in [-0.1, -0.05) is 22.9 Å². The van der Waals surface area contributed by atoms with Crippen molar-refractivity contribution >= 4 is 27.5 Å². The van der Waals surface area contributed by atoms with Crippen molar-refractivity contribution in [2.24, 2.45) is 11.7 Å². The van der Waals surface area contributed by atoms with Gasteiger partial charge in [-0.15, -0.1) is 0 Å². The highest BCUT2D eigenvalue weighted by molar-refractivity contribution is 9.10. The fourth-order valence-electron chi connectivity index (χ4n) is 1.23. The molecule has 3 nitrogen and oxygen atoms in total. The van der Waals surface area contributed by atoms with E-state index < -0.39 is 5.82 Å². The number of nitrogens with one attached hydrogen (secondary N) is 1. The molecule has 0 saturated heterocycles. The lowest BCUT2D eigenvalue weighted by Gasteiger charge is -2.11. The van der Waals surface area contributed by atoms with Crippen molar-refractivity contribution in [3.8, 4) is 0 Å². The molecule has 0 aliphatic carbocycles. The maximum absolute atomic E-state index is 13.4. The topological polar surface area (TPSA) is 55.1 Å². The highest BCUT2D eigenvalue weighted by Crippen LogP contribution is 2.20. The molecule has 0 bridgehead atoms. The maximum atomic E-state index is 13.4. The van der Waals surface area contributed by atoms with Crippen LogP contribution in [0, 0.1) is 11.7 Å². The molecular weight excluding hydrogens is 275 g/mol. The van der Waals surface area contributed by atoms with Crippen molar-refractivity contribution in [2.45, 2.75) is 13.3 Å². The summed E-state index contributed by atoms with van der Waals surface area (Å²) in [5.74, 6) is -0.887. The first kappa shape index (κ1) is 13.1. The minimum absolute atomic E-state index is 0.192. The predicted molar refractivity (Wildman–Crippen MR) is 65.6 cm³/mol. The van der Waals surface area contributed by atoms with Crippen LogP contribution < -0.4 is 11.1 Å². The summed E-state index contributed by atoms with van der Waals surface area (Å²) in [7, 11) is 0. The van der Waals surface area contributed by atoms with E-state index in [1.165, 1.54) is 12.1 Å². The summed E-state index contributed by atoms with van der Waals surface area (Å²) in [6, 6.07) is 4.50. The molecule has 0 fully saturated rings. The fourth-order valence-corrected chi connectivity index (χ4v) is 1.56. The zero-order chi connectivity index (χ0) is 12.1. The predicted octanol–water partition coefficient (Wildman–Crippen LogP) is 2.51. The van der Waals surface area contributed by atoms with Crippen LogP contribution >= 0.6 is 15.9 Å². The van der Waals surface area contributed by atoms with E-state index in [2.05, 4.69) is 21.2 Å². The molecule has 0 radical (unpaired) electrons. The van der Waals surface area contributed by atoms with E-state index in [1.807, 2.05) is 0 Å². The molecule has 0 aliphatic heterocycles. The molecule has 0 saturated carbocycles. The number of rotatable bonds is 4. The van der Waals surface area contributed by atoms with E-state index in [4.69, 9.17) is 5.73 Å². The lowest BCUT2D eigenvalue weighted by atomic mass is 10.1. The Bertz CT molecular complexity index is 384. The Morgan fingerprint density at radius 1 is 1.62 bits per heavy atom. The van der Waals surface area contributed by atoms with E-state index >= 15 is 0 Å². The van der Waals surface area contributed by atoms with Gasteiger partial charge in [0.25, 0.3) is 0 Å². The number of benzene rings is 1. The lowest BCUT2D eigenvalue weighted by Crippen LogP contribution is -2.23. The van der Waals surface area contributed by atoms with Gasteiger partial charge in [0.1, 0.15) is 5.82 Å². The van der Waals surface area contributed by atoms with Gasteiger partial charge >= 0.3 is 0 Å². The van der Waals surface area contributed by atoms with Gasteiger partial charge in [0.15, 0.2) is 0 Å². The van der Waals surface area contributed by atoms with Gasteiger partial charge in [-0.25, -0.2) is 4.39 Å². The van der Waals surface area contributed by atoms with E-state index in [0.29, 0.717) is 17.4 Å². The van der Waals surface area contributed by atoms with Crippen LogP contribution in [0.15, 0.2) is 22.7 Å². The third-order valence-electron chi connectivity index (χ3n) is 2.24. The normalized spacial score (nSPS) is 12.2. The summed E-state index contributed by atoms with van der Waals surface area (Å²) < 4.78 is 14.0. The molecule has 1 unspecified atom stereocenters. The SMILES string of the molecule is CC(CCN)C(=O)Nc1ccc(Br)cc1F. The summed E-state index contributed by atoms with van der Waals surface area (Å²) >= 11 is 3.15. The molecule has 16 heavy (non-hydrogen) atoms. The number of hydrogen-bond acceptors (Lipinski definition) is 2. The van der Waals surface area contributed by atoms with Crippen LogP contribution in [0.25, 0.3) is 0 Å². The molecule has 1 aromatic carbocycles. The van der Waals surface area contributed by atoms with Crippen molar-refractivity contribution < 1.29 is 9.18 Å². The monoisotopic (exact) mass is 288 g/mol. The lowest BCUT2D eigenvalue weighted by molar-refractivity contribution is -0.119. The largest absolute Gasteiger partial charge is 0.330 e. The van der Waals surface area contributed by atoms with Gasteiger partial charge in [-0.05, 0) is 31.2 Å². The van der Waals surface area contributed by atoms with Crippen LogP contribution in [0.2, 0.25) is 0 Å². The standard InChI is InChI=1S/C11H14BrFN2O/c1-7(4-5-14)11(16)15-10-3-2-8(12)6-9(10)13/h2-3,6-7H,4-5,14H2,1H3,(H,15,16). The molecule has 0 aromatic heterocycles. The molecule has 3 N–H and O–H groups in total. The number of nitrogens with two attached hydrogens (primary N) is 1. The summed E-state index contributed by atoms with van der Waals surface area (Å²) in [6.45, 7) is 2.20. The molecule has 88 valence electrons. The second-order valence-corrected chi connectivity index (χ2v) is 4.51. The Morgan fingerprint density at radius 2 is 2.31 bits per heavy atom. The highest BCUT2D eigenvalue weighted by Gasteiger charge is 2.13. The maximum Gasteiger partial charge on any atom is 0.227 e. The smallest absolute Gasteiger partial charge is 0.227 e. The van der Waals surface area contributed by atoms with Gasteiger partial charge in [0.05, 0.1) is 5.69 Å². The molecule has 1 rings (SSSR count). The quantitative estimate of drug-likeness (QED) is 0.894. The van der Waals surface area contributed by atoms with Gasteiger partial charge in [-0.3, -0.25) is 4.79 Å². The second-order valence-electron chi connectivity index (χ2n) is 3.59. The number of halogens is 2. The Hall–Kier alpha value is -0.940. The fraction of sp³-hybridized carbons (Fsp3) is 0.364. The third-order valence-corrected chi connectivity index (χ3v) is 2.73. The Morgan fingerprint density at radius 3 is 2.88 bits per heavy atom. The van der Waals surface area contributed by atoms with Crippen molar-refractivity contribution in [1.29, 1.82) is 0 Å². The van der Waals surface area contributed by atoms with Crippen molar-refractivity contribution in [3.63, 3.8) is 0 Å². The molecule has 1 aromatic rings. The zero-order valence-corrected chi connectivity index (χ0v) is 10.6. The van der Waals surface area contributed by atoms with Crippen molar-refractivity contribution in [2.75, 3.05) is 11.9 Å². The first-order valence-electron chi connectivity index (χ1n) is 5.00. The van der Waals surface area contributed by atoms with Gasteiger partial charge < -0.3 is 11.1 Å². The summed E-state index contributed by atoms with van der Waals surface area (Å²) in [4.78, 5) is 11.6. The first-order valence-corrected chi connectivity index (χ1v) is 5.80. The van der Waals surface area contributed by atoms with E-state index in [9.17, 15) is 9.18 Å². The molecule has 0 spiro atoms. The number of carbonyl (C=O) groups excluding carboxylic acids is 1. The molecule has 1 atom stereocenters. The summed E-state index contributed by atoms with van der Waals surface area (Å²) in [6.07, 6.45) is 0.587. The zero-order valence-electron chi connectivity index (χ0n) is 8.97. The Labute approximate surface area is 102 Å². The van der Waals surface area contributed by atoms with Gasteiger partial charge in [0, 0.05) is 10.4 Å². The molecule has 0 heterocycles. The minimum atomic E-state index is -0.456. The third kappa shape index (κ3) is 3.57. The van der Waals surface area contributed by atoms with Crippen LogP contribution in [-0.2, 0) is 4.79 Å². The van der Waals surface area contributed by atoms with Crippen LogP contribution in [0.4, 0.5) is 10.1 Å². The van der Waals surface area contributed by atoms with E-state index in [-0.39, 0.29) is 17.5 Å². The molecular formula is C11H14BrFN2O. The van der Waals surface area contributed by atoms with Crippen molar-refractivity contribution in [1.82, 2.24) is 0 Å². The van der Waals surface area contributed by atoms with Crippen LogP contribution in [0.1, 0.15) is 13.3 Å². The Kier molecular flexibility index (Phi) is 4.89. The number of anilines is 1. The first-order chi connectivity index (χ1) is 7.54. The van der Waals surface area contributed by atoms with E-state index in [1.54, 1.807) is 13.0 Å². The number of carbonyl (C=O) groups is 1. The summed E-state index contributed by atoms with van der Waals surface area (Å²) in [5, 5.41) is 2.53. The Balaban J connectivity index is 2.69. The van der Waals surface area contributed by atoms with Gasteiger partial charge in [0.2, 0.25) is 5.91 Å². The van der Waals surface area contributed by atoms with Crippen LogP contribution in [0.3, 0.4) is 0 Å². The van der Waals surface area contributed by atoms with Crippen LogP contribution in [-0.4, -0.2) is 12.5 Å². The van der Waals surface area contributed by atoms with Gasteiger partial charge in [-0.2, -0.15) is 0 Å². The molecule has 1 amide bonds. The average molecular weight is 289 g/mol. The molecule has 5 heteroatoms. The second kappa shape index (κ2) is 5.96. The molecule has 0 aliphatic rings. The van der Waals surface area contributed by atoms with Crippen LogP contribution in [0.5, 0.6) is 0 Å². The highest BCUT2D eigenvalue weighted by atomic mass is 79.9. The average Bonchev–Trinajstić information content (AvgIpc) is 2.22. The minimum Gasteiger partial charge on any atom is -0.330 e. The summed E-state index contributed by atoms with van der Waals surface area (Å²) in [5.41, 5.74) is 5.54.